The molecule has 0 spiro atoms. The third kappa shape index (κ3) is 5.80. The summed E-state index contributed by atoms with van der Waals surface area (Å²) in [6, 6.07) is 12.2. The number of hydrogen-bond acceptors (Lipinski definition) is 5. The van der Waals surface area contributed by atoms with E-state index in [2.05, 4.69) is 5.32 Å². The summed E-state index contributed by atoms with van der Waals surface area (Å²) >= 11 is 0. The number of carbonyl (C=O) groups is 2. The zero-order chi connectivity index (χ0) is 21.6. The van der Waals surface area contributed by atoms with Crippen LogP contribution in [0, 0.1) is 13.8 Å². The molecule has 0 bridgehead atoms. The van der Waals surface area contributed by atoms with Crippen molar-refractivity contribution < 1.29 is 22.7 Å². The molecule has 0 radical (unpaired) electrons. The first-order valence-electron chi connectivity index (χ1n) is 9.16. The van der Waals surface area contributed by atoms with E-state index in [0.29, 0.717) is 28.9 Å². The minimum atomic E-state index is -3.47. The second-order valence-electron chi connectivity index (χ2n) is 6.74. The molecule has 7 nitrogen and oxygen atoms in total. The molecule has 0 aliphatic carbocycles. The van der Waals surface area contributed by atoms with Gasteiger partial charge in [0.2, 0.25) is 15.9 Å². The van der Waals surface area contributed by atoms with E-state index >= 15 is 0 Å². The van der Waals surface area contributed by atoms with E-state index < -0.39 is 16.0 Å². The molecule has 0 aromatic heterocycles. The fourth-order valence-corrected chi connectivity index (χ4v) is 4.03. The molecule has 29 heavy (non-hydrogen) atoms. The lowest BCUT2D eigenvalue weighted by Crippen LogP contribution is -2.32. The average Bonchev–Trinajstić information content (AvgIpc) is 2.66. The Bertz CT molecular complexity index is 1000. The number of sulfonamides is 1. The monoisotopic (exact) mass is 418 g/mol. The number of esters is 1. The van der Waals surface area contributed by atoms with Gasteiger partial charge in [-0.05, 0) is 49.6 Å². The van der Waals surface area contributed by atoms with Crippen LogP contribution in [0.2, 0.25) is 0 Å². The van der Waals surface area contributed by atoms with Crippen molar-refractivity contribution in [3.8, 4) is 0 Å². The summed E-state index contributed by atoms with van der Waals surface area (Å²) in [7, 11) is -2.17. The number of rotatable bonds is 8. The summed E-state index contributed by atoms with van der Waals surface area (Å²) in [5, 5.41) is 2.78. The molecular formula is C21H26N2O5S. The first-order valence-corrected chi connectivity index (χ1v) is 11.0. The predicted octanol–water partition coefficient (Wildman–Crippen LogP) is 3.27. The van der Waals surface area contributed by atoms with E-state index in [0.717, 1.165) is 11.8 Å². The molecule has 0 aliphatic heterocycles. The van der Waals surface area contributed by atoms with Gasteiger partial charge in [-0.3, -0.25) is 9.10 Å². The van der Waals surface area contributed by atoms with E-state index in [9.17, 15) is 18.0 Å². The normalized spacial score (nSPS) is 11.0. The van der Waals surface area contributed by atoms with Crippen molar-refractivity contribution in [3.05, 3.63) is 59.2 Å². The molecule has 0 unspecified atom stereocenters. The summed E-state index contributed by atoms with van der Waals surface area (Å²) in [5.41, 5.74) is 2.98. The SMILES string of the molecule is COC(=O)c1cccc(NC(=O)CCCN(c2ccccc2C)S(C)(=O)=O)c1C. The third-order valence-corrected chi connectivity index (χ3v) is 5.74. The minimum absolute atomic E-state index is 0.139. The molecule has 0 aliphatic rings. The molecule has 0 fully saturated rings. The fraction of sp³-hybridized carbons (Fsp3) is 0.333. The number of carbonyl (C=O) groups excluding carboxylic acids is 2. The van der Waals surface area contributed by atoms with Gasteiger partial charge in [-0.15, -0.1) is 0 Å². The zero-order valence-corrected chi connectivity index (χ0v) is 17.9. The van der Waals surface area contributed by atoms with Gasteiger partial charge in [0, 0.05) is 18.7 Å². The van der Waals surface area contributed by atoms with Crippen LogP contribution in [0.25, 0.3) is 0 Å². The Balaban J connectivity index is 2.04. The molecule has 0 saturated carbocycles. The standard InChI is InChI=1S/C21H26N2O5S/c1-15-9-5-6-12-19(15)23(29(4,26)27)14-8-13-20(24)22-18-11-7-10-17(16(18)2)21(25)28-3/h5-7,9-12H,8,13-14H2,1-4H3,(H,22,24). The van der Waals surface area contributed by atoms with E-state index in [-0.39, 0.29) is 18.9 Å². The number of nitrogens with one attached hydrogen (secondary N) is 1. The topological polar surface area (TPSA) is 92.8 Å². The summed E-state index contributed by atoms with van der Waals surface area (Å²) in [6.45, 7) is 3.76. The van der Waals surface area contributed by atoms with Gasteiger partial charge in [0.15, 0.2) is 0 Å². The highest BCUT2D eigenvalue weighted by Crippen LogP contribution is 2.23. The number of aryl methyl sites for hydroxylation is 1. The highest BCUT2D eigenvalue weighted by molar-refractivity contribution is 7.92. The van der Waals surface area contributed by atoms with E-state index in [4.69, 9.17) is 4.74 Å². The van der Waals surface area contributed by atoms with Gasteiger partial charge in [0.1, 0.15) is 0 Å². The molecule has 2 aromatic carbocycles. The molecule has 0 atom stereocenters. The number of methoxy groups -OCH3 is 1. The smallest absolute Gasteiger partial charge is 0.338 e. The van der Waals surface area contributed by atoms with Crippen molar-refractivity contribution in [2.24, 2.45) is 0 Å². The Labute approximate surface area is 171 Å². The maximum Gasteiger partial charge on any atom is 0.338 e. The van der Waals surface area contributed by atoms with Crippen molar-refractivity contribution in [1.29, 1.82) is 0 Å². The van der Waals surface area contributed by atoms with Crippen molar-refractivity contribution in [3.63, 3.8) is 0 Å². The maximum absolute atomic E-state index is 12.4. The molecule has 8 heteroatoms. The Morgan fingerprint density at radius 2 is 1.76 bits per heavy atom. The number of ether oxygens (including phenoxy) is 1. The van der Waals surface area contributed by atoms with Crippen LogP contribution in [0.15, 0.2) is 42.5 Å². The Hall–Kier alpha value is -2.87. The lowest BCUT2D eigenvalue weighted by Gasteiger charge is -2.24. The van der Waals surface area contributed by atoms with Crippen LogP contribution in [0.3, 0.4) is 0 Å². The molecule has 0 saturated heterocycles. The summed E-state index contributed by atoms with van der Waals surface area (Å²) < 4.78 is 30.5. The van der Waals surface area contributed by atoms with Crippen molar-refractivity contribution in [2.75, 3.05) is 29.5 Å². The van der Waals surface area contributed by atoms with Gasteiger partial charge in [-0.1, -0.05) is 24.3 Å². The highest BCUT2D eigenvalue weighted by Gasteiger charge is 2.19. The van der Waals surface area contributed by atoms with E-state index in [1.54, 1.807) is 37.3 Å². The summed E-state index contributed by atoms with van der Waals surface area (Å²) in [6.07, 6.45) is 1.64. The highest BCUT2D eigenvalue weighted by atomic mass is 32.2. The molecule has 1 N–H and O–H groups in total. The van der Waals surface area contributed by atoms with Crippen LogP contribution >= 0.6 is 0 Å². The Kier molecular flexibility index (Phi) is 7.39. The Morgan fingerprint density at radius 3 is 2.38 bits per heavy atom. The molecular weight excluding hydrogens is 392 g/mol. The maximum atomic E-state index is 12.4. The van der Waals surface area contributed by atoms with Crippen molar-refractivity contribution in [2.45, 2.75) is 26.7 Å². The third-order valence-electron chi connectivity index (χ3n) is 4.56. The molecule has 2 rings (SSSR count). The van der Waals surface area contributed by atoms with Gasteiger partial charge in [0.05, 0.1) is 24.6 Å². The number of benzene rings is 2. The number of hydrogen-bond donors (Lipinski definition) is 1. The van der Waals surface area contributed by atoms with Crippen molar-refractivity contribution >= 4 is 33.3 Å². The molecule has 156 valence electrons. The lowest BCUT2D eigenvalue weighted by atomic mass is 10.1. The largest absolute Gasteiger partial charge is 0.465 e. The van der Waals surface area contributed by atoms with Crippen LogP contribution in [0.1, 0.15) is 34.3 Å². The van der Waals surface area contributed by atoms with Crippen molar-refractivity contribution in [1.82, 2.24) is 0 Å². The quantitative estimate of drug-likeness (QED) is 0.664. The lowest BCUT2D eigenvalue weighted by molar-refractivity contribution is -0.116. The number of nitrogens with zero attached hydrogens (tertiary/aromatic N) is 1. The van der Waals surface area contributed by atoms with E-state index in [1.807, 2.05) is 19.1 Å². The summed E-state index contributed by atoms with van der Waals surface area (Å²) in [4.78, 5) is 24.1. The first kappa shape index (κ1) is 22.4. The van der Waals surface area contributed by atoms with Gasteiger partial charge in [-0.2, -0.15) is 0 Å². The Morgan fingerprint density at radius 1 is 1.07 bits per heavy atom. The zero-order valence-electron chi connectivity index (χ0n) is 17.1. The molecule has 2 aromatic rings. The molecule has 0 heterocycles. The van der Waals surface area contributed by atoms with Crippen LogP contribution in [-0.4, -0.2) is 40.2 Å². The second kappa shape index (κ2) is 9.56. The van der Waals surface area contributed by atoms with Crippen LogP contribution in [-0.2, 0) is 19.6 Å². The van der Waals surface area contributed by atoms with E-state index in [1.165, 1.54) is 11.4 Å². The predicted molar refractivity (Wildman–Crippen MR) is 114 cm³/mol. The van der Waals surface area contributed by atoms with Gasteiger partial charge in [0.25, 0.3) is 0 Å². The van der Waals surface area contributed by atoms with Gasteiger partial charge < -0.3 is 10.1 Å². The van der Waals surface area contributed by atoms with Crippen LogP contribution in [0.4, 0.5) is 11.4 Å². The van der Waals surface area contributed by atoms with Gasteiger partial charge >= 0.3 is 5.97 Å². The fourth-order valence-electron chi connectivity index (χ4n) is 3.01. The summed E-state index contributed by atoms with van der Waals surface area (Å²) in [5.74, 6) is -0.728. The van der Waals surface area contributed by atoms with Gasteiger partial charge in [-0.25, -0.2) is 13.2 Å². The second-order valence-corrected chi connectivity index (χ2v) is 8.65. The minimum Gasteiger partial charge on any atom is -0.465 e. The average molecular weight is 419 g/mol. The molecule has 1 amide bonds. The number of para-hydroxylation sites is 1. The van der Waals surface area contributed by atoms with Crippen LogP contribution < -0.4 is 9.62 Å². The first-order chi connectivity index (χ1) is 13.6. The number of amides is 1. The number of anilines is 2. The van der Waals surface area contributed by atoms with Crippen LogP contribution in [0.5, 0.6) is 0 Å².